The minimum atomic E-state index is -0.465. The summed E-state index contributed by atoms with van der Waals surface area (Å²) in [4.78, 5) is 14.0. The van der Waals surface area contributed by atoms with Crippen LogP contribution in [0.2, 0.25) is 0 Å². The van der Waals surface area contributed by atoms with Crippen molar-refractivity contribution < 1.29 is 9.53 Å². The molecule has 0 saturated carbocycles. The predicted octanol–water partition coefficient (Wildman–Crippen LogP) is 2.56. The van der Waals surface area contributed by atoms with Crippen LogP contribution in [0, 0.1) is 5.92 Å². The van der Waals surface area contributed by atoms with Gasteiger partial charge in [0.15, 0.2) is 0 Å². The lowest BCUT2D eigenvalue weighted by molar-refractivity contribution is -0.149. The number of nitrogens with zero attached hydrogens (tertiary/aromatic N) is 1. The van der Waals surface area contributed by atoms with Gasteiger partial charge < -0.3 is 9.64 Å². The fourth-order valence-corrected chi connectivity index (χ4v) is 1.73. The maximum atomic E-state index is 11.9. The van der Waals surface area contributed by atoms with Gasteiger partial charge in [-0.05, 0) is 46.5 Å². The van der Waals surface area contributed by atoms with Crippen molar-refractivity contribution in [1.82, 2.24) is 4.90 Å². The molecule has 0 aliphatic heterocycles. The molecule has 0 aromatic heterocycles. The molecule has 1 unspecified atom stereocenters. The number of carbonyl (C=O) groups excluding carboxylic acids is 1. The first-order chi connectivity index (χ1) is 8.19. The maximum Gasteiger partial charge on any atom is 0.338 e. The lowest BCUT2D eigenvalue weighted by Gasteiger charge is -2.24. The topological polar surface area (TPSA) is 29.5 Å². The van der Waals surface area contributed by atoms with Crippen molar-refractivity contribution in [2.45, 2.75) is 26.4 Å². The average molecular weight is 249 g/mol. The molecule has 0 heterocycles. The molecule has 0 radical (unpaired) electrons. The van der Waals surface area contributed by atoms with Crippen LogP contribution in [0.3, 0.4) is 0 Å². The van der Waals surface area contributed by atoms with E-state index < -0.39 is 5.60 Å². The first-order valence-electron chi connectivity index (χ1n) is 6.16. The third-order valence-corrected chi connectivity index (χ3v) is 2.52. The van der Waals surface area contributed by atoms with Gasteiger partial charge in [-0.3, -0.25) is 0 Å². The van der Waals surface area contributed by atoms with E-state index in [2.05, 4.69) is 11.5 Å². The predicted molar refractivity (Wildman–Crippen MR) is 74.3 cm³/mol. The zero-order chi connectivity index (χ0) is 13.9. The van der Waals surface area contributed by atoms with Crippen LogP contribution < -0.4 is 0 Å². The van der Waals surface area contributed by atoms with Gasteiger partial charge in [0.05, 0.1) is 5.57 Å². The van der Waals surface area contributed by atoms with Crippen molar-refractivity contribution in [2.24, 2.45) is 5.92 Å². The summed E-state index contributed by atoms with van der Waals surface area (Å²) in [5.41, 5.74) is 1.06. The molecule has 18 heavy (non-hydrogen) atoms. The number of hydrogen-bond acceptors (Lipinski definition) is 3. The Morgan fingerprint density at radius 1 is 1.44 bits per heavy atom. The lowest BCUT2D eigenvalue weighted by atomic mass is 9.92. The fourth-order valence-electron chi connectivity index (χ4n) is 1.73. The third kappa shape index (κ3) is 4.49. The van der Waals surface area contributed by atoms with Gasteiger partial charge in [-0.1, -0.05) is 18.7 Å². The van der Waals surface area contributed by atoms with E-state index in [0.29, 0.717) is 5.57 Å². The van der Waals surface area contributed by atoms with Crippen molar-refractivity contribution in [3.05, 3.63) is 36.0 Å². The molecule has 0 fully saturated rings. The quantitative estimate of drug-likeness (QED) is 0.720. The molecule has 3 nitrogen and oxygen atoms in total. The normalized spacial score (nSPS) is 20.0. The molecule has 0 amide bonds. The second-order valence-electron chi connectivity index (χ2n) is 5.90. The first-order valence-corrected chi connectivity index (χ1v) is 6.16. The summed E-state index contributed by atoms with van der Waals surface area (Å²) < 4.78 is 5.33. The molecule has 1 aliphatic carbocycles. The van der Waals surface area contributed by atoms with E-state index in [4.69, 9.17) is 4.74 Å². The van der Waals surface area contributed by atoms with Gasteiger partial charge in [-0.2, -0.15) is 0 Å². The maximum absolute atomic E-state index is 11.9. The van der Waals surface area contributed by atoms with Crippen LogP contribution in [-0.2, 0) is 9.53 Å². The highest BCUT2D eigenvalue weighted by molar-refractivity contribution is 5.93. The minimum absolute atomic E-state index is 0.270. The lowest BCUT2D eigenvalue weighted by Crippen LogP contribution is -2.26. The highest BCUT2D eigenvalue weighted by Crippen LogP contribution is 2.23. The summed E-state index contributed by atoms with van der Waals surface area (Å²) >= 11 is 0. The van der Waals surface area contributed by atoms with Crippen molar-refractivity contribution in [1.29, 1.82) is 0 Å². The molecule has 0 aromatic rings. The molecule has 0 spiro atoms. The number of carbonyl (C=O) groups is 1. The van der Waals surface area contributed by atoms with E-state index in [1.165, 1.54) is 0 Å². The highest BCUT2D eigenvalue weighted by atomic mass is 16.6. The highest BCUT2D eigenvalue weighted by Gasteiger charge is 2.22. The molecular formula is C15H23NO2. The SMILES string of the molecule is C=C1C=C(C(=O)OC(C)(C)C)C=CC1CN(C)C. The van der Waals surface area contributed by atoms with Crippen molar-refractivity contribution in [3.63, 3.8) is 0 Å². The molecule has 100 valence electrons. The largest absolute Gasteiger partial charge is 0.456 e. The Labute approximate surface area is 110 Å². The summed E-state index contributed by atoms with van der Waals surface area (Å²) in [6.07, 6.45) is 5.67. The Bertz CT molecular complexity index is 397. The number of rotatable bonds is 3. The van der Waals surface area contributed by atoms with Crippen LogP contribution in [0.5, 0.6) is 0 Å². The molecule has 1 aliphatic rings. The second kappa shape index (κ2) is 5.53. The van der Waals surface area contributed by atoms with Gasteiger partial charge >= 0.3 is 5.97 Å². The van der Waals surface area contributed by atoms with Crippen LogP contribution in [0.25, 0.3) is 0 Å². The van der Waals surface area contributed by atoms with E-state index in [0.717, 1.165) is 12.1 Å². The summed E-state index contributed by atoms with van der Waals surface area (Å²) in [5, 5.41) is 0. The van der Waals surface area contributed by atoms with Crippen molar-refractivity contribution >= 4 is 5.97 Å². The van der Waals surface area contributed by atoms with E-state index in [1.807, 2.05) is 53.1 Å². The van der Waals surface area contributed by atoms with Gasteiger partial charge in [0.2, 0.25) is 0 Å². The van der Waals surface area contributed by atoms with E-state index in [1.54, 1.807) is 0 Å². The monoisotopic (exact) mass is 249 g/mol. The number of esters is 1. The average Bonchev–Trinajstić information content (AvgIpc) is 2.17. The molecule has 1 atom stereocenters. The van der Waals surface area contributed by atoms with Gasteiger partial charge in [0.1, 0.15) is 5.60 Å². The molecule has 1 rings (SSSR count). The zero-order valence-electron chi connectivity index (χ0n) is 12.0. The summed E-state index contributed by atoms with van der Waals surface area (Å²) in [6.45, 7) is 10.5. The third-order valence-electron chi connectivity index (χ3n) is 2.52. The van der Waals surface area contributed by atoms with Crippen LogP contribution >= 0.6 is 0 Å². The molecule has 0 saturated heterocycles. The Hall–Kier alpha value is -1.35. The van der Waals surface area contributed by atoms with Gasteiger partial charge in [-0.15, -0.1) is 0 Å². The fraction of sp³-hybridized carbons (Fsp3) is 0.533. The van der Waals surface area contributed by atoms with Crippen LogP contribution in [-0.4, -0.2) is 37.1 Å². The Kier molecular flexibility index (Phi) is 4.52. The molecule has 0 N–H and O–H groups in total. The standard InChI is InChI=1S/C15H23NO2/c1-11-9-12(14(17)18-15(2,3)4)7-8-13(11)10-16(5)6/h7-9,13H,1,10H2,2-6H3. The van der Waals surface area contributed by atoms with Crippen LogP contribution in [0.15, 0.2) is 36.0 Å². The van der Waals surface area contributed by atoms with Gasteiger partial charge in [0, 0.05) is 12.5 Å². The Morgan fingerprint density at radius 2 is 2.06 bits per heavy atom. The number of allylic oxidation sites excluding steroid dienone is 1. The molecule has 3 heteroatoms. The summed E-state index contributed by atoms with van der Waals surface area (Å²) in [7, 11) is 4.04. The molecule has 0 aromatic carbocycles. The first kappa shape index (κ1) is 14.7. The van der Waals surface area contributed by atoms with E-state index >= 15 is 0 Å². The summed E-state index contributed by atoms with van der Waals surface area (Å²) in [5.74, 6) is -0.0191. The second-order valence-corrected chi connectivity index (χ2v) is 5.90. The van der Waals surface area contributed by atoms with Crippen molar-refractivity contribution in [2.75, 3.05) is 20.6 Å². The van der Waals surface area contributed by atoms with Crippen LogP contribution in [0.1, 0.15) is 20.8 Å². The van der Waals surface area contributed by atoms with Gasteiger partial charge in [0.25, 0.3) is 0 Å². The van der Waals surface area contributed by atoms with E-state index in [-0.39, 0.29) is 11.9 Å². The molecular weight excluding hydrogens is 226 g/mol. The van der Waals surface area contributed by atoms with E-state index in [9.17, 15) is 4.79 Å². The smallest absolute Gasteiger partial charge is 0.338 e. The van der Waals surface area contributed by atoms with Crippen LogP contribution in [0.4, 0.5) is 0 Å². The zero-order valence-corrected chi connectivity index (χ0v) is 12.0. The van der Waals surface area contributed by atoms with Crippen molar-refractivity contribution in [3.8, 4) is 0 Å². The molecule has 0 bridgehead atoms. The minimum Gasteiger partial charge on any atom is -0.456 e. The number of hydrogen-bond donors (Lipinski definition) is 0. The summed E-state index contributed by atoms with van der Waals surface area (Å²) in [6, 6.07) is 0. The number of ether oxygens (including phenoxy) is 1. The van der Waals surface area contributed by atoms with Gasteiger partial charge in [-0.25, -0.2) is 4.79 Å². The Balaban J connectivity index is 2.70. The Morgan fingerprint density at radius 3 is 2.50 bits per heavy atom.